The van der Waals surface area contributed by atoms with Crippen LogP contribution in [0.5, 0.6) is 11.5 Å². The van der Waals surface area contributed by atoms with Gasteiger partial charge in [0.15, 0.2) is 0 Å². The largest absolute Gasteiger partial charge is 0.423 e. The quantitative estimate of drug-likeness (QED) is 0.0927. The number of para-hydroxylation sites is 4. The predicted molar refractivity (Wildman–Crippen MR) is 272 cm³/mol. The monoisotopic (exact) mass is 913 g/mol. The molecule has 2 aliphatic rings. The van der Waals surface area contributed by atoms with Gasteiger partial charge in [-0.3, -0.25) is 19.2 Å². The van der Waals surface area contributed by atoms with Crippen LogP contribution in [0, 0.1) is 0 Å². The van der Waals surface area contributed by atoms with E-state index >= 15 is 0 Å². The van der Waals surface area contributed by atoms with Gasteiger partial charge in [-0.1, -0.05) is 148 Å². The molecule has 0 fully saturated rings. The molecule has 6 aromatic carbocycles. The fraction of sp³-hybridized carbons (Fsp3) is 0.236. The van der Waals surface area contributed by atoms with Gasteiger partial charge < -0.3 is 20.9 Å². The number of hydrogen-bond acceptors (Lipinski definition) is 10. The van der Waals surface area contributed by atoms with E-state index in [-0.39, 0.29) is 33.4 Å². The van der Waals surface area contributed by atoms with Crippen LogP contribution in [0.25, 0.3) is 0 Å². The maximum Gasteiger partial charge on any atom is 0.343 e. The fourth-order valence-electron chi connectivity index (χ4n) is 5.67. The zero-order valence-electron chi connectivity index (χ0n) is 41.0. The highest BCUT2D eigenvalue weighted by Crippen LogP contribution is 2.31. The van der Waals surface area contributed by atoms with Gasteiger partial charge in [0, 0.05) is 0 Å². The van der Waals surface area contributed by atoms with Gasteiger partial charge in [0.1, 0.15) is 11.5 Å². The summed E-state index contributed by atoms with van der Waals surface area (Å²) >= 11 is 0. The minimum absolute atomic E-state index is 0.196. The van der Waals surface area contributed by atoms with E-state index in [1.165, 1.54) is 56.9 Å². The van der Waals surface area contributed by atoms with E-state index in [9.17, 15) is 28.8 Å². The summed E-state index contributed by atoms with van der Waals surface area (Å²) in [5, 5.41) is 0. The number of nitrogens with zero attached hydrogens (tertiary/aromatic N) is 2. The van der Waals surface area contributed by atoms with Crippen molar-refractivity contribution in [2.24, 2.45) is 11.5 Å². The van der Waals surface area contributed by atoms with E-state index in [1.807, 2.05) is 67.5 Å². The number of hydrogen-bond donors (Lipinski definition) is 2. The Morgan fingerprint density at radius 2 is 0.627 bits per heavy atom. The second-order valence-electron chi connectivity index (χ2n) is 12.2. The van der Waals surface area contributed by atoms with Crippen molar-refractivity contribution in [2.75, 3.05) is 23.9 Å². The third-order valence-corrected chi connectivity index (χ3v) is 8.18. The lowest BCUT2D eigenvalue weighted by molar-refractivity contribution is 0.0725. The molecule has 0 unspecified atom stereocenters. The second kappa shape index (κ2) is 33.9. The molecule has 0 aliphatic carbocycles. The first-order chi connectivity index (χ1) is 32.7. The smallest absolute Gasteiger partial charge is 0.343 e. The number of ether oxygens (including phenoxy) is 2. The van der Waals surface area contributed by atoms with Crippen molar-refractivity contribution in [1.82, 2.24) is 0 Å². The van der Waals surface area contributed by atoms with Crippen LogP contribution in [0.15, 0.2) is 158 Å². The Kier molecular flexibility index (Phi) is 30.1. The third-order valence-electron chi connectivity index (χ3n) is 8.18. The van der Waals surface area contributed by atoms with Crippen LogP contribution in [-0.2, 0) is 0 Å². The Balaban J connectivity index is 0.00000102. The van der Waals surface area contributed by atoms with Gasteiger partial charge in [-0.25, -0.2) is 19.4 Å². The standard InChI is InChI=1S/2C21H13NO4.C3H8.4C2H6.2CH5N/c2*23-19-17-12-11-14(21(25)26-16-9-5-2-6-10-16)13-18(17)20(24)22(19)15-7-3-1-4-8-15;1-3-2;6*1-2/h2*1-13H;3H2,1-2H3;4*1-2H3;2*2H2,1H3. The summed E-state index contributed by atoms with van der Waals surface area (Å²) in [4.78, 5) is 77.4. The van der Waals surface area contributed by atoms with Gasteiger partial charge >= 0.3 is 11.9 Å². The van der Waals surface area contributed by atoms with Crippen LogP contribution in [0.2, 0.25) is 0 Å². The first-order valence-electron chi connectivity index (χ1n) is 22.6. The molecule has 0 saturated carbocycles. The number of rotatable bonds is 6. The molecule has 12 heteroatoms. The summed E-state index contributed by atoms with van der Waals surface area (Å²) in [5.41, 5.74) is 11.3. The van der Waals surface area contributed by atoms with Crippen molar-refractivity contribution in [2.45, 2.75) is 75.7 Å². The maximum atomic E-state index is 12.7. The minimum Gasteiger partial charge on any atom is -0.423 e. The molecule has 0 atom stereocenters. The summed E-state index contributed by atoms with van der Waals surface area (Å²) in [6.45, 7) is 20.2. The molecule has 6 aromatic rings. The SMILES string of the molecule is CC.CC.CC.CC.CCC.CN.CN.O=C(Oc1ccccc1)c1ccc2c(c1)C(=O)N(c1ccccc1)C2=O.O=C(Oc1ccccc1)c1ccc2c(c1)C(=O)N(c1ccccc1)C2=O. The van der Waals surface area contributed by atoms with Crippen LogP contribution in [0.4, 0.5) is 11.4 Å². The number of imide groups is 2. The van der Waals surface area contributed by atoms with Crippen molar-refractivity contribution >= 4 is 46.9 Å². The van der Waals surface area contributed by atoms with Crippen LogP contribution in [-0.4, -0.2) is 49.7 Å². The molecule has 67 heavy (non-hydrogen) atoms. The minimum atomic E-state index is -0.586. The van der Waals surface area contributed by atoms with E-state index in [2.05, 4.69) is 25.3 Å². The first kappa shape index (κ1) is 59.5. The fourth-order valence-corrected chi connectivity index (χ4v) is 5.67. The van der Waals surface area contributed by atoms with E-state index in [1.54, 1.807) is 109 Å². The Labute approximate surface area is 397 Å². The topological polar surface area (TPSA) is 179 Å². The molecular formula is C55H68N4O8. The maximum absolute atomic E-state index is 12.7. The summed E-state index contributed by atoms with van der Waals surface area (Å²) in [5.74, 6) is -2.07. The number of carbonyl (C=O) groups is 6. The van der Waals surface area contributed by atoms with Gasteiger partial charge in [-0.15, -0.1) is 0 Å². The molecule has 8 rings (SSSR count). The molecule has 12 nitrogen and oxygen atoms in total. The number of amides is 4. The Morgan fingerprint density at radius 3 is 0.896 bits per heavy atom. The number of anilines is 2. The summed E-state index contributed by atoms with van der Waals surface area (Å²) in [6.07, 6.45) is 1.25. The van der Waals surface area contributed by atoms with Crippen molar-refractivity contribution in [3.63, 3.8) is 0 Å². The zero-order valence-corrected chi connectivity index (χ0v) is 41.0. The van der Waals surface area contributed by atoms with Gasteiger partial charge in [0.2, 0.25) is 0 Å². The van der Waals surface area contributed by atoms with E-state index in [0.29, 0.717) is 22.9 Å². The first-order valence-corrected chi connectivity index (χ1v) is 22.6. The van der Waals surface area contributed by atoms with Gasteiger partial charge in [-0.2, -0.15) is 0 Å². The molecule has 2 aliphatic heterocycles. The van der Waals surface area contributed by atoms with E-state index in [4.69, 9.17) is 9.47 Å². The highest BCUT2D eigenvalue weighted by molar-refractivity contribution is 6.35. The molecule has 4 amide bonds. The number of esters is 2. The van der Waals surface area contributed by atoms with Crippen molar-refractivity contribution in [3.8, 4) is 11.5 Å². The number of nitrogens with two attached hydrogens (primary N) is 2. The Morgan fingerprint density at radius 1 is 0.388 bits per heavy atom. The molecule has 0 spiro atoms. The molecule has 0 aromatic heterocycles. The van der Waals surface area contributed by atoms with Crippen LogP contribution in [0.3, 0.4) is 0 Å². The third kappa shape index (κ3) is 16.4. The molecule has 0 bridgehead atoms. The van der Waals surface area contributed by atoms with Gasteiger partial charge in [-0.05, 0) is 99.0 Å². The van der Waals surface area contributed by atoms with Crippen LogP contribution < -0.4 is 30.7 Å². The lowest BCUT2D eigenvalue weighted by atomic mass is 10.1. The highest BCUT2D eigenvalue weighted by Gasteiger charge is 2.38. The van der Waals surface area contributed by atoms with Crippen LogP contribution >= 0.6 is 0 Å². The van der Waals surface area contributed by atoms with Gasteiger partial charge in [0.25, 0.3) is 23.6 Å². The Bertz CT molecular complexity index is 2220. The number of carbonyl (C=O) groups excluding carboxylic acids is 6. The van der Waals surface area contributed by atoms with Crippen LogP contribution in [0.1, 0.15) is 138 Å². The lowest BCUT2D eigenvalue weighted by Crippen LogP contribution is -2.29. The molecule has 2 heterocycles. The van der Waals surface area contributed by atoms with Crippen molar-refractivity contribution < 1.29 is 38.2 Å². The second-order valence-corrected chi connectivity index (χ2v) is 12.2. The van der Waals surface area contributed by atoms with Crippen molar-refractivity contribution in [3.05, 3.63) is 191 Å². The van der Waals surface area contributed by atoms with Gasteiger partial charge in [0.05, 0.1) is 44.8 Å². The zero-order chi connectivity index (χ0) is 50.9. The Hall–Kier alpha value is -7.54. The molecule has 356 valence electrons. The lowest BCUT2D eigenvalue weighted by Gasteiger charge is -2.13. The average Bonchev–Trinajstić information content (AvgIpc) is 3.81. The molecule has 0 saturated heterocycles. The molecular weight excluding hydrogens is 845 g/mol. The normalized spacial score (nSPS) is 10.8. The van der Waals surface area contributed by atoms with Crippen molar-refractivity contribution in [1.29, 1.82) is 0 Å². The van der Waals surface area contributed by atoms with E-state index in [0.717, 1.165) is 9.80 Å². The average molecular weight is 913 g/mol. The summed E-state index contributed by atoms with van der Waals surface area (Å²) < 4.78 is 10.6. The summed E-state index contributed by atoms with van der Waals surface area (Å²) in [6, 6.07) is 43.4. The number of fused-ring (bicyclic) bond motifs is 2. The molecule has 4 N–H and O–H groups in total. The predicted octanol–water partition coefficient (Wildman–Crippen LogP) is 12.1. The highest BCUT2D eigenvalue weighted by atomic mass is 16.5. The molecule has 0 radical (unpaired) electrons. The number of benzene rings is 6. The van der Waals surface area contributed by atoms with E-state index < -0.39 is 35.6 Å². The summed E-state index contributed by atoms with van der Waals surface area (Å²) in [7, 11) is 3.00.